The monoisotopic (exact) mass is 313 g/mol. The predicted octanol–water partition coefficient (Wildman–Crippen LogP) is 3.19. The summed E-state index contributed by atoms with van der Waals surface area (Å²) in [7, 11) is 1.49. The first-order valence-corrected chi connectivity index (χ1v) is 6.35. The van der Waals surface area contributed by atoms with Crippen molar-refractivity contribution in [3.63, 3.8) is 0 Å². The molecule has 1 aromatic heterocycles. The van der Waals surface area contributed by atoms with Gasteiger partial charge < -0.3 is 14.6 Å². The van der Waals surface area contributed by atoms with Crippen LogP contribution in [0.2, 0.25) is 0 Å². The van der Waals surface area contributed by atoms with Crippen LogP contribution in [0.25, 0.3) is 11.1 Å². The summed E-state index contributed by atoms with van der Waals surface area (Å²) in [5.41, 5.74) is 1.67. The van der Waals surface area contributed by atoms with Gasteiger partial charge in [0.15, 0.2) is 6.61 Å². The van der Waals surface area contributed by atoms with Crippen molar-refractivity contribution in [2.45, 2.75) is 12.8 Å². The first kappa shape index (κ1) is 16.1. The number of benzene rings is 1. The molecule has 0 bridgehead atoms. The number of rotatable bonds is 5. The Balaban J connectivity index is 2.34. The highest BCUT2D eigenvalue weighted by Gasteiger charge is 2.28. The van der Waals surface area contributed by atoms with E-state index < -0.39 is 12.8 Å². The molecule has 118 valence electrons. The fourth-order valence-corrected chi connectivity index (χ4v) is 1.86. The Morgan fingerprint density at radius 3 is 2.41 bits per heavy atom. The summed E-state index contributed by atoms with van der Waals surface area (Å²) in [4.78, 5) is 3.99. The van der Waals surface area contributed by atoms with Crippen LogP contribution in [0.15, 0.2) is 36.7 Å². The van der Waals surface area contributed by atoms with Crippen LogP contribution >= 0.6 is 0 Å². The maximum absolute atomic E-state index is 12.2. The number of halogens is 3. The molecule has 0 aliphatic carbocycles. The van der Waals surface area contributed by atoms with Crippen LogP contribution in [0.4, 0.5) is 13.2 Å². The summed E-state index contributed by atoms with van der Waals surface area (Å²) in [6.45, 7) is -1.70. The number of aliphatic hydroxyl groups is 1. The summed E-state index contributed by atoms with van der Waals surface area (Å²) in [6.07, 6.45) is -1.36. The number of hydrogen-bond donors (Lipinski definition) is 1. The molecule has 0 amide bonds. The molecular formula is C15H14F3NO3. The molecule has 0 fully saturated rings. The topological polar surface area (TPSA) is 51.6 Å². The van der Waals surface area contributed by atoms with Gasteiger partial charge in [-0.25, -0.2) is 0 Å². The quantitative estimate of drug-likeness (QED) is 0.921. The minimum Gasteiger partial charge on any atom is -0.495 e. The van der Waals surface area contributed by atoms with E-state index in [1.54, 1.807) is 18.3 Å². The van der Waals surface area contributed by atoms with Crippen molar-refractivity contribution in [1.82, 2.24) is 4.98 Å². The largest absolute Gasteiger partial charge is 0.495 e. The number of aromatic nitrogens is 1. The number of pyridine rings is 1. The lowest BCUT2D eigenvalue weighted by atomic mass is 10.0. The lowest BCUT2D eigenvalue weighted by molar-refractivity contribution is -0.153. The molecule has 0 radical (unpaired) electrons. The van der Waals surface area contributed by atoms with E-state index in [1.165, 1.54) is 25.4 Å². The molecule has 1 N–H and O–H groups in total. The fraction of sp³-hybridized carbons (Fsp3) is 0.267. The summed E-state index contributed by atoms with van der Waals surface area (Å²) >= 11 is 0. The van der Waals surface area contributed by atoms with Crippen LogP contribution in [0.3, 0.4) is 0 Å². The number of aliphatic hydroxyl groups excluding tert-OH is 1. The van der Waals surface area contributed by atoms with Gasteiger partial charge in [-0.15, -0.1) is 0 Å². The minimum absolute atomic E-state index is 0.0293. The van der Waals surface area contributed by atoms with E-state index in [0.717, 1.165) is 0 Å². The van der Waals surface area contributed by atoms with Crippen molar-refractivity contribution in [1.29, 1.82) is 0 Å². The smallest absolute Gasteiger partial charge is 0.422 e. The highest BCUT2D eigenvalue weighted by atomic mass is 19.4. The number of nitrogens with zero attached hydrogens (tertiary/aromatic N) is 1. The van der Waals surface area contributed by atoms with Crippen molar-refractivity contribution >= 4 is 0 Å². The average molecular weight is 313 g/mol. The molecule has 7 heteroatoms. The third-order valence-electron chi connectivity index (χ3n) is 2.83. The summed E-state index contributed by atoms with van der Waals surface area (Å²) in [5, 5.41) is 9.24. The standard InChI is InChI=1S/C15H14F3NO3/c1-21-14-5-12(6-19-7-14)11-2-10(8-20)3-13(4-11)22-9-15(16,17)18/h2-7,20H,8-9H2,1H3. The Labute approximate surface area is 125 Å². The van der Waals surface area contributed by atoms with Crippen LogP contribution in [-0.4, -0.2) is 30.0 Å². The average Bonchev–Trinajstić information content (AvgIpc) is 2.52. The SMILES string of the molecule is COc1cncc(-c2cc(CO)cc(OCC(F)(F)F)c2)c1. The fourth-order valence-electron chi connectivity index (χ4n) is 1.86. The molecule has 0 aliphatic rings. The molecule has 22 heavy (non-hydrogen) atoms. The van der Waals surface area contributed by atoms with Crippen molar-refractivity contribution in [2.75, 3.05) is 13.7 Å². The normalized spacial score (nSPS) is 11.3. The Morgan fingerprint density at radius 1 is 1.05 bits per heavy atom. The second kappa shape index (κ2) is 6.65. The van der Waals surface area contributed by atoms with Gasteiger partial charge in [-0.3, -0.25) is 4.98 Å². The Kier molecular flexibility index (Phi) is 4.87. The van der Waals surface area contributed by atoms with Gasteiger partial charge >= 0.3 is 6.18 Å². The van der Waals surface area contributed by atoms with Gasteiger partial charge in [0.05, 0.1) is 19.9 Å². The van der Waals surface area contributed by atoms with E-state index in [9.17, 15) is 18.3 Å². The molecule has 0 spiro atoms. The maximum Gasteiger partial charge on any atom is 0.422 e. The highest BCUT2D eigenvalue weighted by molar-refractivity contribution is 5.66. The van der Waals surface area contributed by atoms with E-state index >= 15 is 0 Å². The van der Waals surface area contributed by atoms with Crippen LogP contribution in [0, 0.1) is 0 Å². The molecule has 0 saturated carbocycles. The first-order valence-electron chi connectivity index (χ1n) is 6.35. The molecule has 1 aromatic carbocycles. The van der Waals surface area contributed by atoms with Crippen molar-refractivity contribution in [3.8, 4) is 22.6 Å². The van der Waals surface area contributed by atoms with E-state index in [2.05, 4.69) is 4.98 Å². The van der Waals surface area contributed by atoms with Gasteiger partial charge in [0.2, 0.25) is 0 Å². The Bertz CT molecular complexity index is 644. The molecule has 1 heterocycles. The minimum atomic E-state index is -4.42. The van der Waals surface area contributed by atoms with Gasteiger partial charge in [0.1, 0.15) is 11.5 Å². The van der Waals surface area contributed by atoms with Gasteiger partial charge in [-0.05, 0) is 35.4 Å². The maximum atomic E-state index is 12.2. The zero-order chi connectivity index (χ0) is 16.2. The van der Waals surface area contributed by atoms with Crippen LogP contribution in [0.1, 0.15) is 5.56 Å². The van der Waals surface area contributed by atoms with Crippen molar-refractivity contribution in [2.24, 2.45) is 0 Å². The van der Waals surface area contributed by atoms with Gasteiger partial charge in [-0.2, -0.15) is 13.2 Å². The zero-order valence-electron chi connectivity index (χ0n) is 11.7. The molecule has 2 aromatic rings. The van der Waals surface area contributed by atoms with E-state index in [4.69, 9.17) is 9.47 Å². The zero-order valence-corrected chi connectivity index (χ0v) is 11.7. The molecular weight excluding hydrogens is 299 g/mol. The van der Waals surface area contributed by atoms with Gasteiger partial charge in [0, 0.05) is 11.8 Å². The molecule has 0 aliphatic heterocycles. The molecule has 0 atom stereocenters. The number of hydrogen-bond acceptors (Lipinski definition) is 4. The van der Waals surface area contributed by atoms with Crippen LogP contribution in [0.5, 0.6) is 11.5 Å². The van der Waals surface area contributed by atoms with Crippen molar-refractivity contribution < 1.29 is 27.8 Å². The van der Waals surface area contributed by atoms with Crippen LogP contribution in [-0.2, 0) is 6.61 Å². The van der Waals surface area contributed by atoms with Gasteiger partial charge in [-0.1, -0.05) is 0 Å². The van der Waals surface area contributed by atoms with E-state index in [1.807, 2.05) is 0 Å². The van der Waals surface area contributed by atoms with Crippen molar-refractivity contribution in [3.05, 3.63) is 42.2 Å². The highest BCUT2D eigenvalue weighted by Crippen LogP contribution is 2.29. The molecule has 2 rings (SSSR count). The number of ether oxygens (including phenoxy) is 2. The molecule has 0 saturated heterocycles. The van der Waals surface area contributed by atoms with Gasteiger partial charge in [0.25, 0.3) is 0 Å². The summed E-state index contributed by atoms with van der Waals surface area (Å²) in [6, 6.07) is 6.16. The lowest BCUT2D eigenvalue weighted by Gasteiger charge is -2.12. The third kappa shape index (κ3) is 4.36. The number of methoxy groups -OCH3 is 1. The second-order valence-corrected chi connectivity index (χ2v) is 4.54. The van der Waals surface area contributed by atoms with E-state index in [0.29, 0.717) is 22.4 Å². The first-order chi connectivity index (χ1) is 10.4. The van der Waals surface area contributed by atoms with E-state index in [-0.39, 0.29) is 12.4 Å². The predicted molar refractivity (Wildman–Crippen MR) is 73.7 cm³/mol. The number of alkyl halides is 3. The summed E-state index contributed by atoms with van der Waals surface area (Å²) < 4.78 is 46.5. The third-order valence-corrected chi connectivity index (χ3v) is 2.83. The summed E-state index contributed by atoms with van der Waals surface area (Å²) in [5.74, 6) is 0.548. The lowest BCUT2D eigenvalue weighted by Crippen LogP contribution is -2.19. The Morgan fingerprint density at radius 2 is 1.77 bits per heavy atom. The molecule has 4 nitrogen and oxygen atoms in total. The Hall–Kier alpha value is -2.28. The molecule has 0 unspecified atom stereocenters. The second-order valence-electron chi connectivity index (χ2n) is 4.54. The van der Waals surface area contributed by atoms with Crippen LogP contribution < -0.4 is 9.47 Å².